The fraction of sp³-hybridized carbons (Fsp3) is 0.261. The number of ether oxygens (including phenoxy) is 1. The molecule has 0 saturated carbocycles. The van der Waals surface area contributed by atoms with Crippen LogP contribution < -0.4 is 15.4 Å². The van der Waals surface area contributed by atoms with Gasteiger partial charge in [-0.1, -0.05) is 18.2 Å². The first-order valence-corrected chi connectivity index (χ1v) is 10.9. The Morgan fingerprint density at radius 1 is 1.23 bits per heavy atom. The first-order valence-electron chi connectivity index (χ1n) is 10.0. The first-order chi connectivity index (χ1) is 15.1. The number of benzene rings is 1. The number of carboxylic acid groups (broad SMARTS) is 1. The second-order valence-corrected chi connectivity index (χ2v) is 8.42. The maximum atomic E-state index is 12.8. The molecule has 1 unspecified atom stereocenters. The number of carboxylic acids is 1. The van der Waals surface area contributed by atoms with Crippen LogP contribution in [-0.2, 0) is 17.8 Å². The summed E-state index contributed by atoms with van der Waals surface area (Å²) < 4.78 is 5.22. The van der Waals surface area contributed by atoms with E-state index in [0.717, 1.165) is 35.5 Å². The zero-order chi connectivity index (χ0) is 21.6. The number of nitrogens with zero attached hydrogens (tertiary/aromatic N) is 1. The minimum Gasteiger partial charge on any atom is -0.482 e. The molecule has 0 bridgehead atoms. The molecule has 160 valence electrons. The molecule has 3 N–H and O–H groups in total. The third-order valence-corrected chi connectivity index (χ3v) is 6.40. The van der Waals surface area contributed by atoms with E-state index in [1.165, 1.54) is 10.4 Å². The summed E-state index contributed by atoms with van der Waals surface area (Å²) in [5.41, 5.74) is 3.17. The van der Waals surface area contributed by atoms with Crippen molar-refractivity contribution in [2.45, 2.75) is 18.9 Å². The van der Waals surface area contributed by atoms with E-state index < -0.39 is 5.97 Å². The Morgan fingerprint density at radius 2 is 2.06 bits per heavy atom. The lowest BCUT2D eigenvalue weighted by atomic mass is 9.92. The third-order valence-electron chi connectivity index (χ3n) is 5.16. The Labute approximate surface area is 184 Å². The van der Waals surface area contributed by atoms with Crippen molar-refractivity contribution in [1.82, 2.24) is 15.6 Å². The van der Waals surface area contributed by atoms with Crippen LogP contribution in [0.5, 0.6) is 5.75 Å². The van der Waals surface area contributed by atoms with Gasteiger partial charge in [0.25, 0.3) is 5.91 Å². The van der Waals surface area contributed by atoms with Crippen LogP contribution in [0.4, 0.5) is 0 Å². The fourth-order valence-corrected chi connectivity index (χ4v) is 4.70. The van der Waals surface area contributed by atoms with Crippen LogP contribution in [0.1, 0.15) is 37.2 Å². The highest BCUT2D eigenvalue weighted by atomic mass is 32.1. The average Bonchev–Trinajstić information content (AvgIpc) is 3.24. The molecule has 1 aromatic carbocycles. The first kappa shape index (κ1) is 21.0. The maximum Gasteiger partial charge on any atom is 0.341 e. The van der Waals surface area contributed by atoms with E-state index in [-0.39, 0.29) is 18.4 Å². The molecule has 3 heterocycles. The molecule has 8 heteroatoms. The highest BCUT2D eigenvalue weighted by molar-refractivity contribution is 7.14. The van der Waals surface area contributed by atoms with E-state index in [1.807, 2.05) is 30.3 Å². The van der Waals surface area contributed by atoms with E-state index in [1.54, 1.807) is 35.9 Å². The van der Waals surface area contributed by atoms with Crippen molar-refractivity contribution in [3.8, 4) is 5.75 Å². The molecule has 0 fully saturated rings. The van der Waals surface area contributed by atoms with Crippen LogP contribution in [0.3, 0.4) is 0 Å². The normalized spacial score (nSPS) is 13.8. The van der Waals surface area contributed by atoms with Gasteiger partial charge in [-0.15, -0.1) is 11.3 Å². The van der Waals surface area contributed by atoms with Gasteiger partial charge in [0, 0.05) is 42.8 Å². The van der Waals surface area contributed by atoms with Gasteiger partial charge in [0.2, 0.25) is 0 Å². The van der Waals surface area contributed by atoms with Crippen molar-refractivity contribution in [3.05, 3.63) is 81.3 Å². The summed E-state index contributed by atoms with van der Waals surface area (Å²) in [6.07, 6.45) is 4.47. The SMILES string of the molecule is O=C(O)COc1ccc(C(CNC(=O)c2cc3c(s2)CCNC3)c2cccnc2)cc1. The van der Waals surface area contributed by atoms with Gasteiger partial charge in [-0.25, -0.2) is 4.79 Å². The number of aromatic nitrogens is 1. The van der Waals surface area contributed by atoms with Crippen molar-refractivity contribution in [3.63, 3.8) is 0 Å². The van der Waals surface area contributed by atoms with E-state index >= 15 is 0 Å². The number of rotatable bonds is 8. The molecule has 0 aliphatic carbocycles. The Bertz CT molecular complexity index is 1030. The van der Waals surface area contributed by atoms with E-state index in [4.69, 9.17) is 9.84 Å². The number of hydrogen-bond donors (Lipinski definition) is 3. The summed E-state index contributed by atoms with van der Waals surface area (Å²) in [7, 11) is 0. The van der Waals surface area contributed by atoms with Gasteiger partial charge in [0.1, 0.15) is 5.75 Å². The minimum absolute atomic E-state index is 0.0744. The molecular formula is C23H23N3O4S. The molecule has 1 atom stereocenters. The molecule has 4 rings (SSSR count). The number of hydrogen-bond acceptors (Lipinski definition) is 6. The van der Waals surface area contributed by atoms with E-state index in [9.17, 15) is 9.59 Å². The largest absolute Gasteiger partial charge is 0.482 e. The molecule has 1 aliphatic heterocycles. The fourth-order valence-electron chi connectivity index (χ4n) is 3.60. The van der Waals surface area contributed by atoms with Gasteiger partial charge < -0.3 is 20.5 Å². The van der Waals surface area contributed by atoms with Crippen molar-refractivity contribution in [2.24, 2.45) is 0 Å². The number of carbonyl (C=O) groups is 2. The number of carbonyl (C=O) groups excluding carboxylic acids is 1. The smallest absolute Gasteiger partial charge is 0.341 e. The van der Waals surface area contributed by atoms with Gasteiger partial charge >= 0.3 is 5.97 Å². The number of pyridine rings is 1. The minimum atomic E-state index is -1.02. The van der Waals surface area contributed by atoms with Crippen molar-refractivity contribution < 1.29 is 19.4 Å². The molecule has 1 aliphatic rings. The number of aliphatic carboxylic acids is 1. The number of nitrogens with one attached hydrogen (secondary N) is 2. The molecule has 3 aromatic rings. The summed E-state index contributed by atoms with van der Waals surface area (Å²) in [6.45, 7) is 1.79. The lowest BCUT2D eigenvalue weighted by molar-refractivity contribution is -0.139. The third kappa shape index (κ3) is 5.28. The highest BCUT2D eigenvalue weighted by Crippen LogP contribution is 2.27. The van der Waals surface area contributed by atoms with Gasteiger partial charge in [-0.2, -0.15) is 0 Å². The van der Waals surface area contributed by atoms with Crippen molar-refractivity contribution >= 4 is 23.2 Å². The highest BCUT2D eigenvalue weighted by Gasteiger charge is 2.20. The molecule has 7 nitrogen and oxygen atoms in total. The Morgan fingerprint density at radius 3 is 2.77 bits per heavy atom. The van der Waals surface area contributed by atoms with Gasteiger partial charge in [-0.05, 0) is 47.4 Å². The Hall–Kier alpha value is -3.23. The number of thiophene rings is 1. The quantitative estimate of drug-likeness (QED) is 0.501. The monoisotopic (exact) mass is 437 g/mol. The van der Waals surface area contributed by atoms with Gasteiger partial charge in [-0.3, -0.25) is 9.78 Å². The van der Waals surface area contributed by atoms with E-state index in [0.29, 0.717) is 12.3 Å². The molecular weight excluding hydrogens is 414 g/mol. The van der Waals surface area contributed by atoms with Crippen LogP contribution in [0.15, 0.2) is 54.9 Å². The Balaban J connectivity index is 1.48. The summed E-state index contributed by atoms with van der Waals surface area (Å²) in [5, 5.41) is 15.2. The topological polar surface area (TPSA) is 101 Å². The van der Waals surface area contributed by atoms with Gasteiger partial charge in [0.15, 0.2) is 6.61 Å². The predicted octanol–water partition coefficient (Wildman–Crippen LogP) is 2.81. The molecule has 0 saturated heterocycles. The van der Waals surface area contributed by atoms with Crippen molar-refractivity contribution in [2.75, 3.05) is 19.7 Å². The molecule has 2 aromatic heterocycles. The second-order valence-electron chi connectivity index (χ2n) is 7.29. The molecule has 0 radical (unpaired) electrons. The lowest BCUT2D eigenvalue weighted by Crippen LogP contribution is -2.28. The second kappa shape index (κ2) is 9.72. The van der Waals surface area contributed by atoms with Gasteiger partial charge in [0.05, 0.1) is 4.88 Å². The summed E-state index contributed by atoms with van der Waals surface area (Å²) in [5.74, 6) is -0.707. The zero-order valence-corrected chi connectivity index (χ0v) is 17.7. The van der Waals surface area contributed by atoms with Crippen molar-refractivity contribution in [1.29, 1.82) is 0 Å². The summed E-state index contributed by atoms with van der Waals surface area (Å²) in [4.78, 5) is 29.7. The summed E-state index contributed by atoms with van der Waals surface area (Å²) in [6, 6.07) is 13.1. The van der Waals surface area contributed by atoms with Crippen LogP contribution in [0.2, 0.25) is 0 Å². The Kier molecular flexibility index (Phi) is 6.59. The van der Waals surface area contributed by atoms with Crippen LogP contribution in [-0.4, -0.2) is 41.7 Å². The zero-order valence-electron chi connectivity index (χ0n) is 16.8. The molecule has 1 amide bonds. The average molecular weight is 438 g/mol. The van der Waals surface area contributed by atoms with E-state index in [2.05, 4.69) is 15.6 Å². The molecule has 0 spiro atoms. The lowest BCUT2D eigenvalue weighted by Gasteiger charge is -2.19. The van der Waals surface area contributed by atoms with Crippen LogP contribution in [0, 0.1) is 0 Å². The van der Waals surface area contributed by atoms with Crippen LogP contribution >= 0.6 is 11.3 Å². The number of fused-ring (bicyclic) bond motifs is 1. The molecule has 31 heavy (non-hydrogen) atoms. The predicted molar refractivity (Wildman–Crippen MR) is 118 cm³/mol. The maximum absolute atomic E-state index is 12.8. The standard InChI is InChI=1S/C23H23N3O4S/c27-22(28)14-30-18-5-3-15(4-6-18)19(16-2-1-8-24-11-16)13-26-23(29)21-10-17-12-25-9-7-20(17)31-21/h1-6,8,10-11,19,25H,7,9,12-14H2,(H,26,29)(H,27,28). The summed E-state index contributed by atoms with van der Waals surface area (Å²) >= 11 is 1.57. The van der Waals surface area contributed by atoms with Crippen LogP contribution in [0.25, 0.3) is 0 Å². The number of amides is 1.